The topological polar surface area (TPSA) is 48.1 Å². The van der Waals surface area contributed by atoms with Crippen molar-refractivity contribution < 1.29 is 4.92 Å². The Labute approximate surface area is 111 Å². The molecule has 98 valence electrons. The monoisotopic (exact) mass is 256 g/mol. The quantitative estimate of drug-likeness (QED) is 0.609. The normalized spacial score (nSPS) is 18.1. The molecular formula is C15H16N2O2. The highest BCUT2D eigenvalue weighted by atomic mass is 16.6. The molecule has 19 heavy (non-hydrogen) atoms. The van der Waals surface area contributed by atoms with Crippen LogP contribution < -0.4 is 0 Å². The van der Waals surface area contributed by atoms with Crippen molar-refractivity contribution in [1.29, 1.82) is 0 Å². The van der Waals surface area contributed by atoms with Crippen LogP contribution in [0.2, 0.25) is 0 Å². The van der Waals surface area contributed by atoms with Crippen LogP contribution in [-0.2, 0) is 12.8 Å². The van der Waals surface area contributed by atoms with Gasteiger partial charge in [0.1, 0.15) is 0 Å². The van der Waals surface area contributed by atoms with Crippen molar-refractivity contribution in [2.24, 2.45) is 5.92 Å². The third-order valence-corrected chi connectivity index (χ3v) is 3.82. The summed E-state index contributed by atoms with van der Waals surface area (Å²) in [7, 11) is 0. The lowest BCUT2D eigenvalue weighted by Crippen LogP contribution is -2.08. The van der Waals surface area contributed by atoms with E-state index in [1.807, 2.05) is 10.6 Å². The highest BCUT2D eigenvalue weighted by molar-refractivity contribution is 5.45. The molecule has 0 amide bonds. The first-order valence-corrected chi connectivity index (χ1v) is 6.58. The van der Waals surface area contributed by atoms with E-state index in [0.717, 1.165) is 24.4 Å². The molecule has 0 aliphatic heterocycles. The Morgan fingerprint density at radius 2 is 2.11 bits per heavy atom. The largest absolute Gasteiger partial charge is 0.323 e. The van der Waals surface area contributed by atoms with Crippen LogP contribution in [0.5, 0.6) is 0 Å². The molecule has 4 heteroatoms. The lowest BCUT2D eigenvalue weighted by atomic mass is 9.88. The Kier molecular flexibility index (Phi) is 2.85. The van der Waals surface area contributed by atoms with Crippen LogP contribution in [-0.4, -0.2) is 9.49 Å². The number of aromatic nitrogens is 1. The zero-order chi connectivity index (χ0) is 13.4. The molecule has 0 fully saturated rings. The van der Waals surface area contributed by atoms with Crippen LogP contribution in [0, 0.1) is 16.0 Å². The van der Waals surface area contributed by atoms with Crippen molar-refractivity contribution in [2.75, 3.05) is 0 Å². The van der Waals surface area contributed by atoms with Gasteiger partial charge in [-0.3, -0.25) is 10.1 Å². The van der Waals surface area contributed by atoms with Gasteiger partial charge in [-0.25, -0.2) is 0 Å². The Bertz CT molecular complexity index is 631. The second kappa shape index (κ2) is 4.53. The highest BCUT2D eigenvalue weighted by Crippen LogP contribution is 2.28. The summed E-state index contributed by atoms with van der Waals surface area (Å²) in [6, 6.07) is 6.78. The van der Waals surface area contributed by atoms with Crippen LogP contribution in [0.25, 0.3) is 5.69 Å². The molecule has 0 radical (unpaired) electrons. The van der Waals surface area contributed by atoms with Crippen molar-refractivity contribution >= 4 is 5.69 Å². The Hall–Kier alpha value is -2.10. The number of hydrogen-bond acceptors (Lipinski definition) is 2. The maximum atomic E-state index is 10.8. The fourth-order valence-corrected chi connectivity index (χ4v) is 2.74. The van der Waals surface area contributed by atoms with Gasteiger partial charge in [0, 0.05) is 24.5 Å². The molecule has 1 aliphatic carbocycles. The number of non-ortho nitro benzene ring substituents is 1. The predicted octanol–water partition coefficient (Wildman–Crippen LogP) is 3.51. The van der Waals surface area contributed by atoms with Crippen molar-refractivity contribution in [1.82, 2.24) is 4.57 Å². The van der Waals surface area contributed by atoms with Gasteiger partial charge in [0.05, 0.1) is 10.6 Å². The van der Waals surface area contributed by atoms with E-state index >= 15 is 0 Å². The molecule has 0 N–H and O–H groups in total. The summed E-state index contributed by atoms with van der Waals surface area (Å²) in [5.41, 5.74) is 3.75. The Morgan fingerprint density at radius 1 is 1.32 bits per heavy atom. The van der Waals surface area contributed by atoms with E-state index in [0.29, 0.717) is 0 Å². The number of nitrogens with zero attached hydrogens (tertiary/aromatic N) is 2. The van der Waals surface area contributed by atoms with Crippen molar-refractivity contribution in [2.45, 2.75) is 26.2 Å². The lowest BCUT2D eigenvalue weighted by molar-refractivity contribution is -0.384. The Balaban J connectivity index is 1.99. The minimum absolute atomic E-state index is 0.137. The molecule has 0 bridgehead atoms. The van der Waals surface area contributed by atoms with Gasteiger partial charge in [0.2, 0.25) is 0 Å². The molecule has 4 nitrogen and oxygen atoms in total. The maximum absolute atomic E-state index is 10.8. The summed E-state index contributed by atoms with van der Waals surface area (Å²) in [4.78, 5) is 10.5. The fraction of sp³-hybridized carbons (Fsp3) is 0.333. The number of hydrogen-bond donors (Lipinski definition) is 0. The first kappa shape index (κ1) is 12.0. The summed E-state index contributed by atoms with van der Waals surface area (Å²) >= 11 is 0. The molecule has 1 unspecified atom stereocenters. The van der Waals surface area contributed by atoms with Crippen molar-refractivity contribution in [3.05, 3.63) is 57.9 Å². The zero-order valence-electron chi connectivity index (χ0n) is 10.9. The molecule has 0 spiro atoms. The van der Waals surface area contributed by atoms with Gasteiger partial charge in [-0.2, -0.15) is 0 Å². The van der Waals surface area contributed by atoms with Crippen LogP contribution in [0.1, 0.15) is 24.5 Å². The maximum Gasteiger partial charge on any atom is 0.271 e. The summed E-state index contributed by atoms with van der Waals surface area (Å²) in [6.07, 6.45) is 7.67. The number of nitro groups is 1. The first-order valence-electron chi connectivity index (χ1n) is 6.58. The molecule has 3 rings (SSSR count). The zero-order valence-corrected chi connectivity index (χ0v) is 10.9. The van der Waals surface area contributed by atoms with E-state index in [2.05, 4.69) is 19.3 Å². The van der Waals surface area contributed by atoms with Crippen LogP contribution >= 0.6 is 0 Å². The number of benzene rings is 1. The van der Waals surface area contributed by atoms with Gasteiger partial charge < -0.3 is 4.57 Å². The second-order valence-corrected chi connectivity index (χ2v) is 5.34. The highest BCUT2D eigenvalue weighted by Gasteiger charge is 2.17. The van der Waals surface area contributed by atoms with Gasteiger partial charge >= 0.3 is 0 Å². The van der Waals surface area contributed by atoms with Crippen LogP contribution in [0.3, 0.4) is 0 Å². The summed E-state index contributed by atoms with van der Waals surface area (Å²) < 4.78 is 2.01. The first-order chi connectivity index (χ1) is 9.13. The van der Waals surface area contributed by atoms with Gasteiger partial charge in [-0.1, -0.05) is 13.0 Å². The Morgan fingerprint density at radius 3 is 2.89 bits per heavy atom. The summed E-state index contributed by atoms with van der Waals surface area (Å²) in [6.45, 7) is 2.27. The molecule has 1 aromatic heterocycles. The third-order valence-electron chi connectivity index (χ3n) is 3.82. The number of nitro benzene ring substituents is 1. The molecule has 1 aliphatic rings. The summed E-state index contributed by atoms with van der Waals surface area (Å²) in [5, 5.41) is 10.8. The van der Waals surface area contributed by atoms with Gasteiger partial charge in [-0.05, 0) is 42.4 Å². The number of rotatable bonds is 2. The predicted molar refractivity (Wildman–Crippen MR) is 73.6 cm³/mol. The average molecular weight is 256 g/mol. The van der Waals surface area contributed by atoms with E-state index in [1.165, 1.54) is 23.6 Å². The van der Waals surface area contributed by atoms with Gasteiger partial charge in [-0.15, -0.1) is 0 Å². The van der Waals surface area contributed by atoms with E-state index in [4.69, 9.17) is 0 Å². The smallest absolute Gasteiger partial charge is 0.271 e. The van der Waals surface area contributed by atoms with Crippen LogP contribution in [0.15, 0.2) is 36.7 Å². The van der Waals surface area contributed by atoms with Crippen molar-refractivity contribution in [3.63, 3.8) is 0 Å². The molecule has 0 saturated heterocycles. The molecule has 0 saturated carbocycles. The van der Waals surface area contributed by atoms with E-state index in [9.17, 15) is 10.1 Å². The minimum Gasteiger partial charge on any atom is -0.323 e. The van der Waals surface area contributed by atoms with E-state index in [1.54, 1.807) is 12.1 Å². The van der Waals surface area contributed by atoms with Gasteiger partial charge in [0.15, 0.2) is 0 Å². The van der Waals surface area contributed by atoms with E-state index in [-0.39, 0.29) is 10.6 Å². The van der Waals surface area contributed by atoms with Gasteiger partial charge in [0.25, 0.3) is 5.69 Å². The SMILES string of the molecule is CC1CCc2cn(-c3cccc([N+](=O)[O-])c3)cc2C1. The van der Waals surface area contributed by atoms with Crippen molar-refractivity contribution in [3.8, 4) is 5.69 Å². The standard InChI is InChI=1S/C15H16N2O2/c1-11-5-6-12-9-16(10-13(12)7-11)14-3-2-4-15(8-14)17(18)19/h2-4,8-11H,5-7H2,1H3. The molecule has 1 atom stereocenters. The molecule has 2 aromatic rings. The molecule has 1 heterocycles. The second-order valence-electron chi connectivity index (χ2n) is 5.34. The minimum atomic E-state index is -0.352. The third kappa shape index (κ3) is 2.26. The molecule has 1 aromatic carbocycles. The van der Waals surface area contributed by atoms with E-state index < -0.39 is 0 Å². The van der Waals surface area contributed by atoms with Crippen LogP contribution in [0.4, 0.5) is 5.69 Å². The summed E-state index contributed by atoms with van der Waals surface area (Å²) in [5.74, 6) is 0.730. The average Bonchev–Trinajstić information content (AvgIpc) is 2.81. The number of aryl methyl sites for hydroxylation is 1. The lowest BCUT2D eigenvalue weighted by Gasteiger charge is -2.17. The molecular weight excluding hydrogens is 240 g/mol. The fourth-order valence-electron chi connectivity index (χ4n) is 2.74. The number of fused-ring (bicyclic) bond motifs is 1.